The van der Waals surface area contributed by atoms with Crippen LogP contribution in [0.5, 0.6) is 0 Å². The standard InChI is InChI=1S/C12H19N3O2/c1-5-7(2)10(11(16)17)15-12-13-8(3)6-9(4)14-12/h6-7,10H,5H2,1-4H3,(H,16,17)(H,13,14,15)/t7-,10+/m1/s1. The molecule has 0 unspecified atom stereocenters. The van der Waals surface area contributed by atoms with E-state index in [0.29, 0.717) is 5.95 Å². The summed E-state index contributed by atoms with van der Waals surface area (Å²) in [5, 5.41) is 12.0. The number of aromatic nitrogens is 2. The lowest BCUT2D eigenvalue weighted by Gasteiger charge is -2.20. The molecule has 0 aliphatic carbocycles. The summed E-state index contributed by atoms with van der Waals surface area (Å²) in [4.78, 5) is 19.5. The van der Waals surface area contributed by atoms with E-state index >= 15 is 0 Å². The zero-order chi connectivity index (χ0) is 13.0. The minimum Gasteiger partial charge on any atom is -0.480 e. The van der Waals surface area contributed by atoms with E-state index in [9.17, 15) is 4.79 Å². The van der Waals surface area contributed by atoms with Gasteiger partial charge in [-0.15, -0.1) is 0 Å². The summed E-state index contributed by atoms with van der Waals surface area (Å²) < 4.78 is 0. The normalized spacial score (nSPS) is 14.1. The second kappa shape index (κ2) is 5.61. The Kier molecular flexibility index (Phi) is 4.43. The van der Waals surface area contributed by atoms with Gasteiger partial charge in [0.05, 0.1) is 0 Å². The van der Waals surface area contributed by atoms with E-state index in [1.165, 1.54) is 0 Å². The SMILES string of the molecule is CC[C@@H](C)[C@H](Nc1nc(C)cc(C)n1)C(=O)O. The van der Waals surface area contributed by atoms with Gasteiger partial charge in [0, 0.05) is 11.4 Å². The molecule has 5 heteroatoms. The predicted molar refractivity (Wildman–Crippen MR) is 66.0 cm³/mol. The van der Waals surface area contributed by atoms with Crippen LogP contribution >= 0.6 is 0 Å². The molecule has 0 fully saturated rings. The van der Waals surface area contributed by atoms with Crippen molar-refractivity contribution in [3.05, 3.63) is 17.5 Å². The number of aliphatic carboxylic acids is 1. The van der Waals surface area contributed by atoms with Crippen molar-refractivity contribution in [3.8, 4) is 0 Å². The first-order valence-electron chi connectivity index (χ1n) is 5.75. The highest BCUT2D eigenvalue weighted by molar-refractivity contribution is 5.76. The largest absolute Gasteiger partial charge is 0.480 e. The van der Waals surface area contributed by atoms with Crippen LogP contribution in [-0.4, -0.2) is 27.1 Å². The van der Waals surface area contributed by atoms with Crippen LogP contribution in [0, 0.1) is 19.8 Å². The van der Waals surface area contributed by atoms with Gasteiger partial charge in [-0.3, -0.25) is 0 Å². The summed E-state index contributed by atoms with van der Waals surface area (Å²) in [7, 11) is 0. The van der Waals surface area contributed by atoms with Gasteiger partial charge in [0.15, 0.2) is 0 Å². The van der Waals surface area contributed by atoms with Gasteiger partial charge in [-0.2, -0.15) is 0 Å². The molecule has 0 amide bonds. The number of aryl methyl sites for hydroxylation is 2. The summed E-state index contributed by atoms with van der Waals surface area (Å²) in [6, 6.07) is 1.20. The van der Waals surface area contributed by atoms with Crippen LogP contribution in [0.1, 0.15) is 31.7 Å². The molecule has 0 aliphatic rings. The minimum atomic E-state index is -0.873. The third-order valence-electron chi connectivity index (χ3n) is 2.75. The van der Waals surface area contributed by atoms with E-state index in [4.69, 9.17) is 5.11 Å². The fourth-order valence-corrected chi connectivity index (χ4v) is 1.61. The van der Waals surface area contributed by atoms with Gasteiger partial charge in [0.2, 0.25) is 5.95 Å². The molecular weight excluding hydrogens is 218 g/mol. The van der Waals surface area contributed by atoms with Crippen molar-refractivity contribution in [2.24, 2.45) is 5.92 Å². The molecule has 1 aromatic heterocycles. The van der Waals surface area contributed by atoms with Crippen molar-refractivity contribution < 1.29 is 9.90 Å². The van der Waals surface area contributed by atoms with Crippen LogP contribution in [0.15, 0.2) is 6.07 Å². The van der Waals surface area contributed by atoms with E-state index in [-0.39, 0.29) is 5.92 Å². The van der Waals surface area contributed by atoms with Gasteiger partial charge in [-0.25, -0.2) is 14.8 Å². The van der Waals surface area contributed by atoms with Crippen LogP contribution in [0.2, 0.25) is 0 Å². The molecule has 0 bridgehead atoms. The van der Waals surface area contributed by atoms with Crippen LogP contribution in [-0.2, 0) is 4.79 Å². The lowest BCUT2D eigenvalue weighted by atomic mass is 9.99. The Hall–Kier alpha value is -1.65. The average Bonchev–Trinajstić information content (AvgIpc) is 2.23. The number of carboxylic acid groups (broad SMARTS) is 1. The number of anilines is 1. The van der Waals surface area contributed by atoms with Gasteiger partial charge in [-0.1, -0.05) is 20.3 Å². The Morgan fingerprint density at radius 1 is 1.41 bits per heavy atom. The van der Waals surface area contributed by atoms with Gasteiger partial charge < -0.3 is 10.4 Å². The van der Waals surface area contributed by atoms with Gasteiger partial charge in [0.1, 0.15) is 6.04 Å². The zero-order valence-electron chi connectivity index (χ0n) is 10.7. The fourth-order valence-electron chi connectivity index (χ4n) is 1.61. The molecule has 0 aromatic carbocycles. The number of hydrogen-bond acceptors (Lipinski definition) is 4. The van der Waals surface area contributed by atoms with Gasteiger partial charge in [0.25, 0.3) is 0 Å². The zero-order valence-corrected chi connectivity index (χ0v) is 10.7. The summed E-state index contributed by atoms with van der Waals surface area (Å²) in [6.45, 7) is 7.58. The molecule has 5 nitrogen and oxygen atoms in total. The third kappa shape index (κ3) is 3.69. The van der Waals surface area contributed by atoms with Crippen molar-refractivity contribution in [1.29, 1.82) is 0 Å². The van der Waals surface area contributed by atoms with Crippen LogP contribution in [0.4, 0.5) is 5.95 Å². The van der Waals surface area contributed by atoms with Crippen molar-refractivity contribution in [2.75, 3.05) is 5.32 Å². The third-order valence-corrected chi connectivity index (χ3v) is 2.75. The first-order valence-corrected chi connectivity index (χ1v) is 5.75. The molecule has 0 saturated heterocycles. The van der Waals surface area contributed by atoms with Gasteiger partial charge >= 0.3 is 5.97 Å². The van der Waals surface area contributed by atoms with E-state index in [2.05, 4.69) is 15.3 Å². The summed E-state index contributed by atoms with van der Waals surface area (Å²) >= 11 is 0. The molecule has 2 atom stereocenters. The second-order valence-electron chi connectivity index (χ2n) is 4.32. The Morgan fingerprint density at radius 2 is 1.94 bits per heavy atom. The average molecular weight is 237 g/mol. The molecule has 0 radical (unpaired) electrons. The highest BCUT2D eigenvalue weighted by Gasteiger charge is 2.24. The minimum absolute atomic E-state index is 0.0249. The van der Waals surface area contributed by atoms with Crippen LogP contribution < -0.4 is 5.32 Å². The highest BCUT2D eigenvalue weighted by Crippen LogP contribution is 2.13. The first-order chi connectivity index (χ1) is 7.93. The number of rotatable bonds is 5. The van der Waals surface area contributed by atoms with Crippen molar-refractivity contribution in [3.63, 3.8) is 0 Å². The Labute approximate surface area is 101 Å². The number of hydrogen-bond donors (Lipinski definition) is 2. The lowest BCUT2D eigenvalue weighted by molar-refractivity contribution is -0.139. The molecule has 0 spiro atoms. The van der Waals surface area contributed by atoms with Crippen LogP contribution in [0.3, 0.4) is 0 Å². The van der Waals surface area contributed by atoms with E-state index in [1.807, 2.05) is 33.8 Å². The number of nitrogens with zero attached hydrogens (tertiary/aromatic N) is 2. The number of nitrogens with one attached hydrogen (secondary N) is 1. The monoisotopic (exact) mass is 237 g/mol. The topological polar surface area (TPSA) is 75.1 Å². The molecular formula is C12H19N3O2. The van der Waals surface area contributed by atoms with Crippen molar-refractivity contribution in [2.45, 2.75) is 40.2 Å². The first kappa shape index (κ1) is 13.4. The quantitative estimate of drug-likeness (QED) is 0.819. The highest BCUT2D eigenvalue weighted by atomic mass is 16.4. The second-order valence-corrected chi connectivity index (χ2v) is 4.32. The Bertz CT molecular complexity index is 386. The number of carbonyl (C=O) groups is 1. The van der Waals surface area contributed by atoms with Crippen molar-refractivity contribution in [1.82, 2.24) is 9.97 Å². The van der Waals surface area contributed by atoms with E-state index in [0.717, 1.165) is 17.8 Å². The fraction of sp³-hybridized carbons (Fsp3) is 0.583. The maximum Gasteiger partial charge on any atom is 0.326 e. The van der Waals surface area contributed by atoms with Crippen LogP contribution in [0.25, 0.3) is 0 Å². The molecule has 2 N–H and O–H groups in total. The summed E-state index contributed by atoms with van der Waals surface area (Å²) in [5.74, 6) is -0.464. The Morgan fingerprint density at radius 3 is 2.35 bits per heavy atom. The summed E-state index contributed by atoms with van der Waals surface area (Å²) in [6.07, 6.45) is 0.786. The summed E-state index contributed by atoms with van der Waals surface area (Å²) in [5.41, 5.74) is 1.65. The van der Waals surface area contributed by atoms with E-state index in [1.54, 1.807) is 0 Å². The Balaban J connectivity index is 2.89. The molecule has 0 aliphatic heterocycles. The molecule has 0 saturated carbocycles. The molecule has 94 valence electrons. The molecule has 1 heterocycles. The van der Waals surface area contributed by atoms with Crippen molar-refractivity contribution >= 4 is 11.9 Å². The maximum absolute atomic E-state index is 11.2. The van der Waals surface area contributed by atoms with E-state index < -0.39 is 12.0 Å². The number of carboxylic acids is 1. The smallest absolute Gasteiger partial charge is 0.326 e. The molecule has 1 aromatic rings. The lowest BCUT2D eigenvalue weighted by Crippen LogP contribution is -2.36. The maximum atomic E-state index is 11.2. The molecule has 17 heavy (non-hydrogen) atoms. The van der Waals surface area contributed by atoms with Gasteiger partial charge in [-0.05, 0) is 25.8 Å². The predicted octanol–water partition coefficient (Wildman–Crippen LogP) is 2.00. The molecule has 1 rings (SSSR count).